The van der Waals surface area contributed by atoms with Crippen molar-refractivity contribution in [3.05, 3.63) is 30.1 Å². The second kappa shape index (κ2) is 7.47. The van der Waals surface area contributed by atoms with Gasteiger partial charge in [0.25, 0.3) is 0 Å². The van der Waals surface area contributed by atoms with Crippen LogP contribution in [-0.2, 0) is 13.0 Å². The van der Waals surface area contributed by atoms with Gasteiger partial charge < -0.3 is 15.4 Å². The molecule has 4 rings (SSSR count). The van der Waals surface area contributed by atoms with Crippen molar-refractivity contribution in [1.82, 2.24) is 14.5 Å². The molecule has 0 unspecified atom stereocenters. The summed E-state index contributed by atoms with van der Waals surface area (Å²) in [4.78, 5) is 9.39. The van der Waals surface area contributed by atoms with Crippen LogP contribution >= 0.6 is 0 Å². The van der Waals surface area contributed by atoms with Crippen molar-refractivity contribution in [2.75, 3.05) is 5.73 Å². The van der Waals surface area contributed by atoms with Crippen molar-refractivity contribution in [1.29, 1.82) is 0 Å². The normalized spacial score (nSPS) is 17.0. The number of para-hydroxylation sites is 1. The highest BCUT2D eigenvalue weighted by Crippen LogP contribution is 2.33. The number of aryl methyl sites for hydroxylation is 2. The Balaban J connectivity index is 1.70. The van der Waals surface area contributed by atoms with E-state index in [-0.39, 0.29) is 0 Å². The molecule has 0 bridgehead atoms. The van der Waals surface area contributed by atoms with Crippen molar-refractivity contribution in [3.8, 4) is 0 Å². The van der Waals surface area contributed by atoms with Crippen molar-refractivity contribution in [2.24, 2.45) is 0 Å². The van der Waals surface area contributed by atoms with Crippen LogP contribution in [0.1, 0.15) is 64.1 Å². The molecule has 144 valence electrons. The fraction of sp³-hybridized carbons (Fsp3) is 0.545. The van der Waals surface area contributed by atoms with Crippen LogP contribution in [0.15, 0.2) is 24.3 Å². The zero-order valence-corrected chi connectivity index (χ0v) is 16.2. The predicted molar refractivity (Wildman–Crippen MR) is 111 cm³/mol. The molecular weight excluding hydrogens is 336 g/mol. The highest BCUT2D eigenvalue weighted by atomic mass is 16.3. The number of hydrogen-bond donors (Lipinski definition) is 2. The van der Waals surface area contributed by atoms with Crippen molar-refractivity contribution in [2.45, 2.75) is 76.9 Å². The highest BCUT2D eigenvalue weighted by Gasteiger charge is 2.28. The van der Waals surface area contributed by atoms with Gasteiger partial charge in [-0.15, -0.1) is 0 Å². The van der Waals surface area contributed by atoms with E-state index in [0.29, 0.717) is 5.82 Å². The highest BCUT2D eigenvalue weighted by molar-refractivity contribution is 6.06. The molecule has 2 heterocycles. The third-order valence-electron chi connectivity index (χ3n) is 5.97. The number of imidazole rings is 1. The van der Waals surface area contributed by atoms with Crippen LogP contribution in [0, 0.1) is 0 Å². The Morgan fingerprint density at radius 3 is 2.70 bits per heavy atom. The maximum absolute atomic E-state index is 10.8. The molecule has 1 aliphatic rings. The van der Waals surface area contributed by atoms with E-state index in [2.05, 4.69) is 22.5 Å². The fourth-order valence-corrected chi connectivity index (χ4v) is 4.59. The van der Waals surface area contributed by atoms with E-state index in [1.165, 1.54) is 6.42 Å². The maximum atomic E-state index is 10.8. The van der Waals surface area contributed by atoms with Crippen LogP contribution < -0.4 is 5.73 Å². The number of aromatic nitrogens is 3. The molecule has 0 spiro atoms. The molecule has 0 saturated heterocycles. The van der Waals surface area contributed by atoms with Crippen LogP contribution in [0.4, 0.5) is 5.82 Å². The summed E-state index contributed by atoms with van der Waals surface area (Å²) in [5.74, 6) is 1.58. The Bertz CT molecular complexity index is 940. The number of fused-ring (bicyclic) bond motifs is 3. The molecule has 27 heavy (non-hydrogen) atoms. The molecule has 5 heteroatoms. The molecule has 0 amide bonds. The van der Waals surface area contributed by atoms with Crippen LogP contribution in [0.3, 0.4) is 0 Å². The lowest BCUT2D eigenvalue weighted by Crippen LogP contribution is -2.31. The summed E-state index contributed by atoms with van der Waals surface area (Å²) in [5.41, 5.74) is 8.59. The van der Waals surface area contributed by atoms with Gasteiger partial charge in [0.15, 0.2) is 5.82 Å². The summed E-state index contributed by atoms with van der Waals surface area (Å²) in [5, 5.41) is 12.0. The van der Waals surface area contributed by atoms with Gasteiger partial charge in [-0.05, 0) is 38.2 Å². The molecule has 1 saturated carbocycles. The van der Waals surface area contributed by atoms with Crippen molar-refractivity contribution >= 4 is 27.8 Å². The summed E-state index contributed by atoms with van der Waals surface area (Å²) in [6.07, 6.45) is 9.22. The van der Waals surface area contributed by atoms with Crippen LogP contribution in [0.5, 0.6) is 0 Å². The SMILES string of the molecule is CCCc1nc2c(N)nc3ccccc3c2n1CCCC1(O)CCCCC1. The molecule has 1 aliphatic carbocycles. The molecule has 3 N–H and O–H groups in total. The van der Waals surface area contributed by atoms with E-state index in [4.69, 9.17) is 10.7 Å². The molecule has 0 atom stereocenters. The monoisotopic (exact) mass is 366 g/mol. The summed E-state index contributed by atoms with van der Waals surface area (Å²) in [6.45, 7) is 3.04. The minimum atomic E-state index is -0.470. The Hall–Kier alpha value is -2.14. The summed E-state index contributed by atoms with van der Waals surface area (Å²) >= 11 is 0. The van der Waals surface area contributed by atoms with Gasteiger partial charge in [-0.25, -0.2) is 9.97 Å². The quantitative estimate of drug-likeness (QED) is 0.669. The molecule has 0 radical (unpaired) electrons. The molecule has 5 nitrogen and oxygen atoms in total. The number of rotatable bonds is 6. The van der Waals surface area contributed by atoms with Crippen molar-refractivity contribution in [3.63, 3.8) is 0 Å². The summed E-state index contributed by atoms with van der Waals surface area (Å²) in [6, 6.07) is 8.15. The first kappa shape index (κ1) is 18.2. The molecule has 0 aliphatic heterocycles. The maximum Gasteiger partial charge on any atom is 0.152 e. The summed E-state index contributed by atoms with van der Waals surface area (Å²) < 4.78 is 2.32. The first-order chi connectivity index (χ1) is 13.1. The topological polar surface area (TPSA) is 77.0 Å². The lowest BCUT2D eigenvalue weighted by Gasteiger charge is -2.32. The average Bonchev–Trinajstić information content (AvgIpc) is 3.02. The molecule has 3 aromatic rings. The Labute approximate surface area is 160 Å². The van der Waals surface area contributed by atoms with Gasteiger partial charge in [0.1, 0.15) is 11.3 Å². The number of hydrogen-bond acceptors (Lipinski definition) is 4. The van der Waals surface area contributed by atoms with Crippen LogP contribution in [-0.4, -0.2) is 25.2 Å². The van der Waals surface area contributed by atoms with E-state index in [1.54, 1.807) is 0 Å². The minimum Gasteiger partial charge on any atom is -0.390 e. The van der Waals surface area contributed by atoms with Crippen LogP contribution in [0.2, 0.25) is 0 Å². The molecular formula is C22H30N4O. The number of nitrogens with zero attached hydrogens (tertiary/aromatic N) is 3. The molecule has 1 fully saturated rings. The summed E-state index contributed by atoms with van der Waals surface area (Å²) in [7, 11) is 0. The molecule has 2 aromatic heterocycles. The van der Waals surface area contributed by atoms with Gasteiger partial charge in [0.05, 0.1) is 16.6 Å². The number of benzene rings is 1. The van der Waals surface area contributed by atoms with E-state index in [9.17, 15) is 5.11 Å². The lowest BCUT2D eigenvalue weighted by molar-refractivity contribution is -0.00620. The minimum absolute atomic E-state index is 0.470. The number of nitrogen functional groups attached to an aromatic ring is 1. The first-order valence-corrected chi connectivity index (χ1v) is 10.4. The van der Waals surface area contributed by atoms with Gasteiger partial charge in [-0.2, -0.15) is 0 Å². The third kappa shape index (κ3) is 3.53. The second-order valence-electron chi connectivity index (χ2n) is 8.03. The third-order valence-corrected chi connectivity index (χ3v) is 5.97. The van der Waals surface area contributed by atoms with Gasteiger partial charge >= 0.3 is 0 Å². The smallest absolute Gasteiger partial charge is 0.152 e. The van der Waals surface area contributed by atoms with Crippen molar-refractivity contribution < 1.29 is 5.11 Å². The Morgan fingerprint density at radius 1 is 1.15 bits per heavy atom. The Morgan fingerprint density at radius 2 is 1.93 bits per heavy atom. The first-order valence-electron chi connectivity index (χ1n) is 10.4. The van der Waals surface area contributed by atoms with E-state index >= 15 is 0 Å². The molecule has 1 aromatic carbocycles. The number of aliphatic hydroxyl groups is 1. The fourth-order valence-electron chi connectivity index (χ4n) is 4.59. The largest absolute Gasteiger partial charge is 0.390 e. The number of anilines is 1. The number of nitrogens with two attached hydrogens (primary N) is 1. The predicted octanol–water partition coefficient (Wildman–Crippen LogP) is 4.59. The van der Waals surface area contributed by atoms with Gasteiger partial charge in [0, 0.05) is 18.4 Å². The average molecular weight is 367 g/mol. The van der Waals surface area contributed by atoms with Gasteiger partial charge in [-0.1, -0.05) is 44.4 Å². The van der Waals surface area contributed by atoms with E-state index in [1.807, 2.05) is 18.2 Å². The number of pyridine rings is 1. The van der Waals surface area contributed by atoms with Gasteiger partial charge in [0.2, 0.25) is 0 Å². The van der Waals surface area contributed by atoms with E-state index < -0.39 is 5.60 Å². The van der Waals surface area contributed by atoms with Crippen LogP contribution in [0.25, 0.3) is 21.9 Å². The Kier molecular flexibility index (Phi) is 5.04. The zero-order chi connectivity index (χ0) is 18.9. The zero-order valence-electron chi connectivity index (χ0n) is 16.2. The second-order valence-corrected chi connectivity index (χ2v) is 8.03. The standard InChI is InChI=1S/C22H30N4O/c1-2-9-18-25-19-20(16-10-4-5-11-17(16)24-21(19)23)26(18)15-8-14-22(27)12-6-3-7-13-22/h4-5,10-11,27H,2-3,6-9,12-15H2,1H3,(H2,23,24). The van der Waals surface area contributed by atoms with E-state index in [0.717, 1.165) is 85.7 Å². The van der Waals surface area contributed by atoms with Gasteiger partial charge in [-0.3, -0.25) is 0 Å². The lowest BCUT2D eigenvalue weighted by atomic mass is 9.82.